The van der Waals surface area contributed by atoms with Crippen LogP contribution in [0.5, 0.6) is 0 Å². The van der Waals surface area contributed by atoms with Crippen LogP contribution >= 0.6 is 23.2 Å². The molecule has 0 fully saturated rings. The minimum absolute atomic E-state index is 0.00649. The summed E-state index contributed by atoms with van der Waals surface area (Å²) in [5.41, 5.74) is 1.04. The van der Waals surface area contributed by atoms with Gasteiger partial charge in [0.25, 0.3) is 11.8 Å². The third-order valence-electron chi connectivity index (χ3n) is 4.03. The summed E-state index contributed by atoms with van der Waals surface area (Å²) in [5.74, 6) is -0.911. The van der Waals surface area contributed by atoms with Gasteiger partial charge in [-0.2, -0.15) is 14.7 Å². The fourth-order valence-corrected chi connectivity index (χ4v) is 3.67. The number of carbonyl (C=O) groups excluding carboxylic acids is 2. The molecule has 158 valence electrons. The number of nitrogens with one attached hydrogen (secondary N) is 1. The maximum atomic E-state index is 13.2. The molecule has 3 aromatic rings. The molecular weight excluding hydrogens is 459 g/mol. The van der Waals surface area contributed by atoms with Gasteiger partial charge in [-0.05, 0) is 49.3 Å². The van der Waals surface area contributed by atoms with Gasteiger partial charge in [-0.15, -0.1) is 0 Å². The van der Waals surface area contributed by atoms with Crippen LogP contribution in [-0.2, 0) is 10.7 Å². The van der Waals surface area contributed by atoms with Crippen LogP contribution in [0.15, 0.2) is 40.9 Å². The number of carbonyl (C=O) groups is 2. The Bertz CT molecular complexity index is 1280. The van der Waals surface area contributed by atoms with E-state index in [4.69, 9.17) is 23.2 Å². The number of nitriles is 1. The molecule has 2 amide bonds. The minimum atomic E-state index is -0.609. The van der Waals surface area contributed by atoms with Gasteiger partial charge in [-0.25, -0.2) is 9.67 Å². The SMILES string of the molecule is Cc1cc(Cl)cc(C(=O)N=S(C)C)c1NC(=O)c1cc(C#N)nn1-c1ncccc1Cl. The first-order chi connectivity index (χ1) is 14.7. The second-order valence-corrected chi connectivity index (χ2v) is 9.09. The van der Waals surface area contributed by atoms with Crippen molar-refractivity contribution in [3.63, 3.8) is 0 Å². The zero-order valence-corrected chi connectivity index (χ0v) is 19.0. The summed E-state index contributed by atoms with van der Waals surface area (Å²) in [4.78, 5) is 29.9. The van der Waals surface area contributed by atoms with Crippen LogP contribution in [-0.4, -0.2) is 39.1 Å². The highest BCUT2D eigenvalue weighted by atomic mass is 35.5. The van der Waals surface area contributed by atoms with Crippen LogP contribution in [0, 0.1) is 18.3 Å². The molecule has 0 bridgehead atoms. The quantitative estimate of drug-likeness (QED) is 0.608. The molecule has 31 heavy (non-hydrogen) atoms. The van der Waals surface area contributed by atoms with Crippen LogP contribution in [0.2, 0.25) is 10.0 Å². The Labute approximate surface area is 190 Å². The first-order valence-corrected chi connectivity index (χ1v) is 11.5. The van der Waals surface area contributed by atoms with Gasteiger partial charge in [0, 0.05) is 17.3 Å². The highest BCUT2D eigenvalue weighted by Gasteiger charge is 2.22. The Morgan fingerprint density at radius 1 is 1.26 bits per heavy atom. The minimum Gasteiger partial charge on any atom is -0.320 e. The molecule has 1 aromatic carbocycles. The van der Waals surface area contributed by atoms with Gasteiger partial charge >= 0.3 is 0 Å². The molecule has 0 spiro atoms. The topological polar surface area (TPSA) is 113 Å². The van der Waals surface area contributed by atoms with Crippen LogP contribution in [0.1, 0.15) is 32.1 Å². The molecular formula is C20H16Cl2N6O2S. The number of pyridine rings is 1. The predicted octanol–water partition coefficient (Wildman–Crippen LogP) is 4.21. The molecule has 0 radical (unpaired) electrons. The van der Waals surface area contributed by atoms with Crippen LogP contribution in [0.4, 0.5) is 5.69 Å². The van der Waals surface area contributed by atoms with Crippen molar-refractivity contribution >= 4 is 51.4 Å². The highest BCUT2D eigenvalue weighted by Crippen LogP contribution is 2.28. The van der Waals surface area contributed by atoms with E-state index < -0.39 is 22.5 Å². The third-order valence-corrected chi connectivity index (χ3v) is 5.08. The zero-order chi connectivity index (χ0) is 22.7. The number of nitrogens with zero attached hydrogens (tertiary/aromatic N) is 5. The number of rotatable bonds is 4. The Kier molecular flexibility index (Phi) is 6.85. The summed E-state index contributed by atoms with van der Waals surface area (Å²) in [5, 5.41) is 16.7. The van der Waals surface area contributed by atoms with Crippen molar-refractivity contribution in [2.45, 2.75) is 6.92 Å². The fourth-order valence-electron chi connectivity index (χ4n) is 2.76. The van der Waals surface area contributed by atoms with Gasteiger partial charge in [0.1, 0.15) is 11.8 Å². The normalized spacial score (nSPS) is 10.6. The Morgan fingerprint density at radius 2 is 2.00 bits per heavy atom. The Balaban J connectivity index is 2.09. The summed E-state index contributed by atoms with van der Waals surface area (Å²) >= 11 is 12.3. The van der Waals surface area contributed by atoms with Crippen molar-refractivity contribution in [3.05, 3.63) is 69.1 Å². The van der Waals surface area contributed by atoms with E-state index in [9.17, 15) is 14.9 Å². The average Bonchev–Trinajstić information content (AvgIpc) is 3.14. The van der Waals surface area contributed by atoms with Gasteiger partial charge in [0.05, 0.1) is 16.3 Å². The monoisotopic (exact) mass is 474 g/mol. The highest BCUT2D eigenvalue weighted by molar-refractivity contribution is 7.86. The number of anilines is 1. The van der Waals surface area contributed by atoms with Crippen molar-refractivity contribution in [2.24, 2.45) is 4.36 Å². The summed E-state index contributed by atoms with van der Waals surface area (Å²) in [6.07, 6.45) is 5.09. The molecule has 0 saturated heterocycles. The molecule has 2 heterocycles. The van der Waals surface area contributed by atoms with Gasteiger partial charge in [-0.1, -0.05) is 33.9 Å². The summed E-state index contributed by atoms with van der Waals surface area (Å²) < 4.78 is 5.24. The number of benzene rings is 1. The molecule has 8 nitrogen and oxygen atoms in total. The lowest BCUT2D eigenvalue weighted by Crippen LogP contribution is -2.20. The largest absolute Gasteiger partial charge is 0.320 e. The Morgan fingerprint density at radius 3 is 2.65 bits per heavy atom. The number of aromatic nitrogens is 3. The van der Waals surface area contributed by atoms with E-state index in [1.54, 1.807) is 37.6 Å². The van der Waals surface area contributed by atoms with E-state index in [2.05, 4.69) is 19.8 Å². The standard InChI is InChI=1S/C20H16Cl2N6O2S/c1-11-7-12(21)8-14(19(29)27-31(2)3)17(11)25-20(30)16-9-13(10-23)26-28(16)18-15(22)5-4-6-24-18/h4-9H,1-3H3,(H,25,30). The smallest absolute Gasteiger partial charge is 0.285 e. The molecule has 11 heteroatoms. The lowest BCUT2D eigenvalue weighted by atomic mass is 10.1. The second-order valence-electron chi connectivity index (χ2n) is 6.52. The van der Waals surface area contributed by atoms with Crippen molar-refractivity contribution in [2.75, 3.05) is 17.8 Å². The third kappa shape index (κ3) is 4.99. The molecule has 0 aliphatic heterocycles. The van der Waals surface area contributed by atoms with Crippen LogP contribution < -0.4 is 5.32 Å². The number of hydrogen-bond acceptors (Lipinski definition) is 5. The molecule has 1 N–H and O–H groups in total. The first-order valence-electron chi connectivity index (χ1n) is 8.77. The number of aryl methyl sites for hydroxylation is 1. The molecule has 0 aliphatic carbocycles. The first kappa shape index (κ1) is 22.6. The lowest BCUT2D eigenvalue weighted by Gasteiger charge is -2.14. The second kappa shape index (κ2) is 9.39. The zero-order valence-electron chi connectivity index (χ0n) is 16.7. The molecule has 0 atom stereocenters. The molecule has 0 saturated carbocycles. The lowest BCUT2D eigenvalue weighted by molar-refractivity contribution is 0.101. The van der Waals surface area contributed by atoms with Crippen molar-refractivity contribution in [1.29, 1.82) is 5.26 Å². The number of halogens is 2. The molecule has 0 aliphatic rings. The summed E-state index contributed by atoms with van der Waals surface area (Å²) in [6, 6.07) is 9.51. The van der Waals surface area contributed by atoms with E-state index in [1.807, 2.05) is 6.07 Å². The van der Waals surface area contributed by atoms with Crippen molar-refractivity contribution in [1.82, 2.24) is 14.8 Å². The van der Waals surface area contributed by atoms with E-state index in [0.29, 0.717) is 10.6 Å². The summed E-state index contributed by atoms with van der Waals surface area (Å²) in [7, 11) is -0.499. The van der Waals surface area contributed by atoms with Gasteiger partial charge < -0.3 is 5.32 Å². The molecule has 3 rings (SSSR count). The predicted molar refractivity (Wildman–Crippen MR) is 121 cm³/mol. The van der Waals surface area contributed by atoms with E-state index in [1.165, 1.54) is 23.0 Å². The number of hydrogen-bond donors (Lipinski definition) is 1. The average molecular weight is 475 g/mol. The maximum Gasteiger partial charge on any atom is 0.285 e. The van der Waals surface area contributed by atoms with Gasteiger partial charge in [0.15, 0.2) is 11.5 Å². The molecule has 2 aromatic heterocycles. The molecule has 0 unspecified atom stereocenters. The number of amides is 2. The van der Waals surface area contributed by atoms with Crippen LogP contribution in [0.25, 0.3) is 5.82 Å². The van der Waals surface area contributed by atoms with E-state index in [-0.39, 0.29) is 33.5 Å². The van der Waals surface area contributed by atoms with E-state index >= 15 is 0 Å². The summed E-state index contributed by atoms with van der Waals surface area (Å²) in [6.45, 7) is 1.71. The van der Waals surface area contributed by atoms with Crippen LogP contribution in [0.3, 0.4) is 0 Å². The van der Waals surface area contributed by atoms with Crippen molar-refractivity contribution < 1.29 is 9.59 Å². The van der Waals surface area contributed by atoms with Gasteiger partial charge in [-0.3, -0.25) is 9.59 Å². The maximum absolute atomic E-state index is 13.2. The van der Waals surface area contributed by atoms with Crippen molar-refractivity contribution in [3.8, 4) is 11.9 Å². The Hall–Kier alpha value is -3.06. The van der Waals surface area contributed by atoms with E-state index in [0.717, 1.165) is 0 Å². The van der Waals surface area contributed by atoms with Gasteiger partial charge in [0.2, 0.25) is 0 Å². The fraction of sp³-hybridized carbons (Fsp3) is 0.150.